The highest BCUT2D eigenvalue weighted by molar-refractivity contribution is 7.14. The van der Waals surface area contributed by atoms with Crippen molar-refractivity contribution in [2.24, 2.45) is 0 Å². The molecule has 1 aromatic heterocycles. The zero-order valence-electron chi connectivity index (χ0n) is 11.1. The van der Waals surface area contributed by atoms with Gasteiger partial charge in [0.1, 0.15) is 5.75 Å². The molecule has 1 amide bonds. The number of rotatable bonds is 2. The molecule has 2 aromatic rings. The lowest BCUT2D eigenvalue weighted by molar-refractivity contribution is 0.102. The minimum absolute atomic E-state index is 0.0297. The minimum atomic E-state index is -0.227. The van der Waals surface area contributed by atoms with E-state index < -0.39 is 0 Å². The second kappa shape index (κ2) is 5.01. The van der Waals surface area contributed by atoms with Crippen molar-refractivity contribution in [3.05, 3.63) is 40.9 Å². The first-order valence-electron chi connectivity index (χ1n) is 5.92. The Kier molecular flexibility index (Phi) is 3.57. The number of hydrogen-bond acceptors (Lipinski definition) is 4. The normalized spacial score (nSPS) is 11.3. The Morgan fingerprint density at radius 2 is 1.89 bits per heavy atom. The van der Waals surface area contributed by atoms with Crippen molar-refractivity contribution < 1.29 is 9.90 Å². The van der Waals surface area contributed by atoms with E-state index in [2.05, 4.69) is 31.1 Å². The Morgan fingerprint density at radius 1 is 1.26 bits per heavy atom. The van der Waals surface area contributed by atoms with Crippen LogP contribution in [0.2, 0.25) is 0 Å². The molecule has 0 atom stereocenters. The Morgan fingerprint density at radius 3 is 2.42 bits per heavy atom. The Hall–Kier alpha value is -1.88. The number of amides is 1. The number of carbonyl (C=O) groups excluding carboxylic acids is 1. The van der Waals surface area contributed by atoms with E-state index in [0.717, 1.165) is 5.69 Å². The van der Waals surface area contributed by atoms with Crippen molar-refractivity contribution in [2.75, 3.05) is 5.32 Å². The molecule has 1 heterocycles. The van der Waals surface area contributed by atoms with E-state index in [4.69, 9.17) is 0 Å². The average Bonchev–Trinajstić information content (AvgIpc) is 2.78. The summed E-state index contributed by atoms with van der Waals surface area (Å²) in [5.41, 5.74) is 1.42. The SMILES string of the molecule is CC(C)(C)c1csc(NC(=O)c2ccc(O)cc2)n1. The maximum absolute atomic E-state index is 12.0. The quantitative estimate of drug-likeness (QED) is 0.883. The van der Waals surface area contributed by atoms with E-state index in [1.54, 1.807) is 12.1 Å². The van der Waals surface area contributed by atoms with Gasteiger partial charge in [-0.2, -0.15) is 0 Å². The van der Waals surface area contributed by atoms with Gasteiger partial charge in [0, 0.05) is 16.4 Å². The first-order valence-corrected chi connectivity index (χ1v) is 6.80. The number of benzene rings is 1. The van der Waals surface area contributed by atoms with Gasteiger partial charge in [-0.3, -0.25) is 10.1 Å². The van der Waals surface area contributed by atoms with Crippen LogP contribution in [0.4, 0.5) is 5.13 Å². The summed E-state index contributed by atoms with van der Waals surface area (Å²) < 4.78 is 0. The highest BCUT2D eigenvalue weighted by Gasteiger charge is 2.18. The molecule has 2 rings (SSSR count). The van der Waals surface area contributed by atoms with Crippen LogP contribution in [-0.4, -0.2) is 16.0 Å². The van der Waals surface area contributed by atoms with E-state index in [-0.39, 0.29) is 17.1 Å². The van der Waals surface area contributed by atoms with E-state index in [0.29, 0.717) is 10.7 Å². The summed E-state index contributed by atoms with van der Waals surface area (Å²) >= 11 is 1.41. The number of phenols is 1. The smallest absolute Gasteiger partial charge is 0.257 e. The Labute approximate surface area is 116 Å². The van der Waals surface area contributed by atoms with Gasteiger partial charge in [0.15, 0.2) is 5.13 Å². The van der Waals surface area contributed by atoms with Gasteiger partial charge in [-0.05, 0) is 24.3 Å². The zero-order valence-corrected chi connectivity index (χ0v) is 11.9. The Balaban J connectivity index is 2.11. The molecule has 1 aromatic carbocycles. The molecule has 100 valence electrons. The van der Waals surface area contributed by atoms with Crippen LogP contribution >= 0.6 is 11.3 Å². The van der Waals surface area contributed by atoms with Crippen LogP contribution in [0.25, 0.3) is 0 Å². The summed E-state index contributed by atoms with van der Waals surface area (Å²) in [5, 5.41) is 14.5. The van der Waals surface area contributed by atoms with Crippen molar-refractivity contribution in [1.82, 2.24) is 4.98 Å². The molecule has 0 spiro atoms. The number of thiazole rings is 1. The van der Waals surface area contributed by atoms with E-state index in [1.165, 1.54) is 23.5 Å². The third-order valence-electron chi connectivity index (χ3n) is 2.62. The standard InChI is InChI=1S/C14H16N2O2S/c1-14(2,3)11-8-19-13(15-11)16-12(18)9-4-6-10(17)7-5-9/h4-8,17H,1-3H3,(H,15,16,18). The van der Waals surface area contributed by atoms with Crippen molar-refractivity contribution in [2.45, 2.75) is 26.2 Å². The summed E-state index contributed by atoms with van der Waals surface area (Å²) in [6, 6.07) is 6.11. The number of nitrogens with one attached hydrogen (secondary N) is 1. The number of phenolic OH excluding ortho intramolecular Hbond substituents is 1. The van der Waals surface area contributed by atoms with Crippen LogP contribution < -0.4 is 5.32 Å². The predicted molar refractivity (Wildman–Crippen MR) is 76.9 cm³/mol. The number of hydrogen-bond donors (Lipinski definition) is 2. The highest BCUT2D eigenvalue weighted by Crippen LogP contribution is 2.26. The molecule has 0 saturated carbocycles. The minimum Gasteiger partial charge on any atom is -0.508 e. The number of aromatic hydroxyl groups is 1. The molecular weight excluding hydrogens is 260 g/mol. The molecule has 0 aliphatic rings. The van der Waals surface area contributed by atoms with Crippen LogP contribution in [0.3, 0.4) is 0 Å². The third-order valence-corrected chi connectivity index (χ3v) is 3.38. The first kappa shape index (κ1) is 13.5. The molecule has 2 N–H and O–H groups in total. The number of carbonyl (C=O) groups is 1. The van der Waals surface area contributed by atoms with E-state index in [1.807, 2.05) is 5.38 Å². The largest absolute Gasteiger partial charge is 0.508 e. The molecule has 0 aliphatic carbocycles. The molecular formula is C14H16N2O2S. The van der Waals surface area contributed by atoms with Gasteiger partial charge in [-0.1, -0.05) is 20.8 Å². The fraction of sp³-hybridized carbons (Fsp3) is 0.286. The van der Waals surface area contributed by atoms with E-state index in [9.17, 15) is 9.90 Å². The molecule has 4 nitrogen and oxygen atoms in total. The van der Waals surface area contributed by atoms with Crippen LogP contribution in [0.15, 0.2) is 29.6 Å². The number of aromatic nitrogens is 1. The maximum Gasteiger partial charge on any atom is 0.257 e. The molecule has 0 fully saturated rings. The average molecular weight is 276 g/mol. The Bertz CT molecular complexity index is 582. The molecule has 0 aliphatic heterocycles. The molecule has 0 unspecified atom stereocenters. The van der Waals surface area contributed by atoms with Crippen molar-refractivity contribution in [1.29, 1.82) is 0 Å². The van der Waals surface area contributed by atoms with Gasteiger partial charge < -0.3 is 5.11 Å². The summed E-state index contributed by atoms with van der Waals surface area (Å²) in [5.74, 6) is -0.0874. The van der Waals surface area contributed by atoms with Crippen LogP contribution in [-0.2, 0) is 5.41 Å². The van der Waals surface area contributed by atoms with E-state index >= 15 is 0 Å². The summed E-state index contributed by atoms with van der Waals surface area (Å²) in [6.45, 7) is 6.23. The fourth-order valence-corrected chi connectivity index (χ4v) is 2.39. The van der Waals surface area contributed by atoms with Crippen molar-refractivity contribution in [3.8, 4) is 5.75 Å². The van der Waals surface area contributed by atoms with Gasteiger partial charge in [0.05, 0.1) is 5.69 Å². The van der Waals surface area contributed by atoms with Gasteiger partial charge in [-0.15, -0.1) is 11.3 Å². The monoisotopic (exact) mass is 276 g/mol. The lowest BCUT2D eigenvalue weighted by Gasteiger charge is -2.14. The third kappa shape index (κ3) is 3.32. The van der Waals surface area contributed by atoms with Gasteiger partial charge in [0.2, 0.25) is 0 Å². The zero-order chi connectivity index (χ0) is 14.0. The summed E-state index contributed by atoms with van der Waals surface area (Å²) in [7, 11) is 0. The van der Waals surface area contributed by atoms with Crippen molar-refractivity contribution >= 4 is 22.4 Å². The maximum atomic E-state index is 12.0. The number of anilines is 1. The van der Waals surface area contributed by atoms with Crippen molar-refractivity contribution in [3.63, 3.8) is 0 Å². The first-order chi connectivity index (χ1) is 8.86. The molecule has 19 heavy (non-hydrogen) atoms. The predicted octanol–water partition coefficient (Wildman–Crippen LogP) is 3.40. The second-order valence-corrected chi connectivity index (χ2v) is 6.15. The number of nitrogens with zero attached hydrogens (tertiary/aromatic N) is 1. The van der Waals surface area contributed by atoms with Crippen LogP contribution in [0, 0.1) is 0 Å². The van der Waals surface area contributed by atoms with Gasteiger partial charge >= 0.3 is 0 Å². The molecule has 0 bridgehead atoms. The lowest BCUT2D eigenvalue weighted by Crippen LogP contribution is -2.14. The lowest BCUT2D eigenvalue weighted by atomic mass is 9.93. The van der Waals surface area contributed by atoms with Gasteiger partial charge in [0.25, 0.3) is 5.91 Å². The summed E-state index contributed by atoms with van der Waals surface area (Å²) in [6.07, 6.45) is 0. The highest BCUT2D eigenvalue weighted by atomic mass is 32.1. The van der Waals surface area contributed by atoms with Gasteiger partial charge in [-0.25, -0.2) is 4.98 Å². The summed E-state index contributed by atoms with van der Waals surface area (Å²) in [4.78, 5) is 16.4. The molecule has 5 heteroatoms. The van der Waals surface area contributed by atoms with Crippen LogP contribution in [0.5, 0.6) is 5.75 Å². The van der Waals surface area contributed by atoms with Crippen LogP contribution in [0.1, 0.15) is 36.8 Å². The second-order valence-electron chi connectivity index (χ2n) is 5.29. The fourth-order valence-electron chi connectivity index (χ4n) is 1.46. The topological polar surface area (TPSA) is 62.2 Å². The molecule has 0 radical (unpaired) electrons. The molecule has 0 saturated heterocycles.